The molecule has 2 N–H and O–H groups in total. The summed E-state index contributed by atoms with van der Waals surface area (Å²) >= 11 is 1.31. The van der Waals surface area contributed by atoms with E-state index in [2.05, 4.69) is 5.32 Å². The highest BCUT2D eigenvalue weighted by Gasteiger charge is 2.10. The van der Waals surface area contributed by atoms with Crippen molar-refractivity contribution < 1.29 is 19.1 Å². The molecule has 0 unspecified atom stereocenters. The molecule has 0 aliphatic rings. The van der Waals surface area contributed by atoms with Crippen molar-refractivity contribution in [2.24, 2.45) is 0 Å². The van der Waals surface area contributed by atoms with Crippen LogP contribution in [0.25, 0.3) is 10.4 Å². The highest BCUT2D eigenvalue weighted by Crippen LogP contribution is 2.28. The number of carbonyl (C=O) groups excluding carboxylic acids is 1. The molecule has 2 rings (SSSR count). The molecule has 0 fully saturated rings. The van der Waals surface area contributed by atoms with E-state index in [1.54, 1.807) is 18.2 Å². The van der Waals surface area contributed by atoms with Crippen molar-refractivity contribution in [3.63, 3.8) is 0 Å². The van der Waals surface area contributed by atoms with Crippen LogP contribution in [-0.4, -0.2) is 23.5 Å². The summed E-state index contributed by atoms with van der Waals surface area (Å²) in [5, 5.41) is 11.2. The van der Waals surface area contributed by atoms with Gasteiger partial charge in [0.1, 0.15) is 5.82 Å². The fourth-order valence-corrected chi connectivity index (χ4v) is 2.69. The zero-order valence-corrected chi connectivity index (χ0v) is 12.0. The minimum absolute atomic E-state index is 0.0333. The summed E-state index contributed by atoms with van der Waals surface area (Å²) in [6.07, 6.45) is 0.433. The summed E-state index contributed by atoms with van der Waals surface area (Å²) in [5.74, 6) is -1.40. The van der Waals surface area contributed by atoms with Crippen LogP contribution in [0.2, 0.25) is 0 Å². The molecule has 1 aromatic carbocycles. The molecular weight excluding hydrogens is 293 g/mol. The lowest BCUT2D eigenvalue weighted by molar-refractivity contribution is -0.137. The van der Waals surface area contributed by atoms with E-state index in [1.807, 2.05) is 6.07 Å². The maximum Gasteiger partial charge on any atom is 0.303 e. The van der Waals surface area contributed by atoms with Gasteiger partial charge in [0.2, 0.25) is 0 Å². The normalized spacial score (nSPS) is 10.3. The molecule has 0 atom stereocenters. The van der Waals surface area contributed by atoms with Crippen LogP contribution in [0.3, 0.4) is 0 Å². The number of carbonyl (C=O) groups is 2. The minimum atomic E-state index is -0.876. The molecule has 0 aliphatic heterocycles. The number of carboxylic acids is 1. The standard InChI is InChI=1S/C15H14FNO3S/c16-11-5-3-10(4-6-11)12-7-8-13(21-12)15(20)17-9-1-2-14(18)19/h3-8H,1-2,9H2,(H,17,20)(H,18,19). The van der Waals surface area contributed by atoms with Gasteiger partial charge < -0.3 is 10.4 Å². The van der Waals surface area contributed by atoms with Gasteiger partial charge in [0.05, 0.1) is 4.88 Å². The van der Waals surface area contributed by atoms with Gasteiger partial charge in [0.25, 0.3) is 5.91 Å². The lowest BCUT2D eigenvalue weighted by Gasteiger charge is -2.01. The molecule has 0 saturated carbocycles. The van der Waals surface area contributed by atoms with Crippen LogP contribution in [-0.2, 0) is 4.79 Å². The Morgan fingerprint density at radius 2 is 1.86 bits per heavy atom. The number of hydrogen-bond acceptors (Lipinski definition) is 3. The van der Waals surface area contributed by atoms with E-state index in [4.69, 9.17) is 5.11 Å². The van der Waals surface area contributed by atoms with Crippen LogP contribution >= 0.6 is 11.3 Å². The molecule has 21 heavy (non-hydrogen) atoms. The van der Waals surface area contributed by atoms with Gasteiger partial charge in [-0.1, -0.05) is 12.1 Å². The molecule has 0 bridgehead atoms. The summed E-state index contributed by atoms with van der Waals surface area (Å²) in [6, 6.07) is 9.59. The summed E-state index contributed by atoms with van der Waals surface area (Å²) in [6.45, 7) is 0.328. The number of thiophene rings is 1. The quantitative estimate of drug-likeness (QED) is 0.806. The Balaban J connectivity index is 1.94. The van der Waals surface area contributed by atoms with E-state index < -0.39 is 5.97 Å². The first-order valence-corrected chi connectivity index (χ1v) is 7.23. The van der Waals surface area contributed by atoms with Crippen molar-refractivity contribution in [1.29, 1.82) is 0 Å². The SMILES string of the molecule is O=C(O)CCCNC(=O)c1ccc(-c2ccc(F)cc2)s1. The molecule has 0 aliphatic carbocycles. The predicted octanol–water partition coefficient (Wildman–Crippen LogP) is 3.15. The Bertz CT molecular complexity index is 637. The van der Waals surface area contributed by atoms with Crippen LogP contribution < -0.4 is 5.32 Å². The summed E-state index contributed by atoms with van der Waals surface area (Å²) in [4.78, 5) is 23.7. The molecule has 0 saturated heterocycles. The fourth-order valence-electron chi connectivity index (χ4n) is 1.76. The average Bonchev–Trinajstić information content (AvgIpc) is 2.94. The zero-order valence-electron chi connectivity index (χ0n) is 11.1. The zero-order chi connectivity index (χ0) is 15.2. The smallest absolute Gasteiger partial charge is 0.303 e. The van der Waals surface area contributed by atoms with Crippen LogP contribution in [0.1, 0.15) is 22.5 Å². The van der Waals surface area contributed by atoms with E-state index in [0.717, 1.165) is 10.4 Å². The summed E-state index contributed by atoms with van der Waals surface area (Å²) < 4.78 is 12.9. The number of aliphatic carboxylic acids is 1. The minimum Gasteiger partial charge on any atom is -0.481 e. The lowest BCUT2D eigenvalue weighted by atomic mass is 10.2. The fraction of sp³-hybridized carbons (Fsp3) is 0.200. The first-order chi connectivity index (χ1) is 10.1. The number of nitrogens with one attached hydrogen (secondary N) is 1. The Labute approximate surface area is 125 Å². The monoisotopic (exact) mass is 307 g/mol. The number of amides is 1. The van der Waals surface area contributed by atoms with Crippen molar-refractivity contribution in [2.75, 3.05) is 6.54 Å². The van der Waals surface area contributed by atoms with Gasteiger partial charge in [0, 0.05) is 17.8 Å². The van der Waals surface area contributed by atoms with E-state index in [1.165, 1.54) is 23.5 Å². The Morgan fingerprint density at radius 3 is 2.52 bits per heavy atom. The predicted molar refractivity (Wildman–Crippen MR) is 78.9 cm³/mol. The summed E-state index contributed by atoms with van der Waals surface area (Å²) in [7, 11) is 0. The molecular formula is C15H14FNO3S. The third-order valence-electron chi connectivity index (χ3n) is 2.81. The third-order valence-corrected chi connectivity index (χ3v) is 3.94. The van der Waals surface area contributed by atoms with Crippen molar-refractivity contribution in [1.82, 2.24) is 5.32 Å². The van der Waals surface area contributed by atoms with Gasteiger partial charge >= 0.3 is 5.97 Å². The number of halogens is 1. The molecule has 0 radical (unpaired) electrons. The van der Waals surface area contributed by atoms with Crippen LogP contribution in [0, 0.1) is 5.82 Å². The molecule has 110 valence electrons. The van der Waals surface area contributed by atoms with Crippen LogP contribution in [0.4, 0.5) is 4.39 Å². The topological polar surface area (TPSA) is 66.4 Å². The number of carboxylic acid groups (broad SMARTS) is 1. The van der Waals surface area contributed by atoms with Crippen molar-refractivity contribution in [3.05, 3.63) is 47.1 Å². The van der Waals surface area contributed by atoms with E-state index in [9.17, 15) is 14.0 Å². The molecule has 4 nitrogen and oxygen atoms in total. The van der Waals surface area contributed by atoms with Crippen LogP contribution in [0.5, 0.6) is 0 Å². The maximum atomic E-state index is 12.9. The highest BCUT2D eigenvalue weighted by atomic mass is 32.1. The average molecular weight is 307 g/mol. The van der Waals surface area contributed by atoms with Crippen molar-refractivity contribution in [3.8, 4) is 10.4 Å². The second-order valence-electron chi connectivity index (χ2n) is 4.42. The molecule has 1 aromatic heterocycles. The van der Waals surface area contributed by atoms with Gasteiger partial charge in [-0.2, -0.15) is 0 Å². The van der Waals surface area contributed by atoms with E-state index in [0.29, 0.717) is 17.8 Å². The molecule has 1 amide bonds. The lowest BCUT2D eigenvalue weighted by Crippen LogP contribution is -2.23. The van der Waals surface area contributed by atoms with Gasteiger partial charge in [-0.25, -0.2) is 4.39 Å². The Morgan fingerprint density at radius 1 is 1.14 bits per heavy atom. The third kappa shape index (κ3) is 4.39. The van der Waals surface area contributed by atoms with Crippen LogP contribution in [0.15, 0.2) is 36.4 Å². The van der Waals surface area contributed by atoms with Crippen molar-refractivity contribution >= 4 is 23.2 Å². The Hall–Kier alpha value is -2.21. The molecule has 2 aromatic rings. The molecule has 0 spiro atoms. The van der Waals surface area contributed by atoms with Gasteiger partial charge in [0.15, 0.2) is 0 Å². The first kappa shape index (κ1) is 15.2. The second-order valence-corrected chi connectivity index (χ2v) is 5.51. The van der Waals surface area contributed by atoms with Gasteiger partial charge in [-0.15, -0.1) is 11.3 Å². The Kier molecular flexibility index (Phi) is 5.05. The second kappa shape index (κ2) is 6.99. The molecule has 6 heteroatoms. The van der Waals surface area contributed by atoms with E-state index >= 15 is 0 Å². The number of rotatable bonds is 6. The highest BCUT2D eigenvalue weighted by molar-refractivity contribution is 7.17. The summed E-state index contributed by atoms with van der Waals surface area (Å²) in [5.41, 5.74) is 0.853. The number of hydrogen-bond donors (Lipinski definition) is 2. The van der Waals surface area contributed by atoms with E-state index in [-0.39, 0.29) is 18.1 Å². The van der Waals surface area contributed by atoms with Gasteiger partial charge in [-0.3, -0.25) is 9.59 Å². The van der Waals surface area contributed by atoms with Gasteiger partial charge in [-0.05, 0) is 36.2 Å². The largest absolute Gasteiger partial charge is 0.481 e. The molecule has 1 heterocycles. The first-order valence-electron chi connectivity index (χ1n) is 6.42. The number of benzene rings is 1. The van der Waals surface area contributed by atoms with Crippen molar-refractivity contribution in [2.45, 2.75) is 12.8 Å². The maximum absolute atomic E-state index is 12.9.